The number of carbonyl (C=O) groups excluding carboxylic acids is 1. The van der Waals surface area contributed by atoms with Crippen LogP contribution in [0, 0.1) is 30.3 Å². The van der Waals surface area contributed by atoms with Gasteiger partial charge in [0, 0.05) is 6.92 Å². The van der Waals surface area contributed by atoms with E-state index in [4.69, 9.17) is 5.11 Å². The molecule has 0 aromatic heterocycles. The maximum atomic E-state index is 10.7. The van der Waals surface area contributed by atoms with Crippen molar-refractivity contribution in [1.29, 1.82) is 0 Å². The van der Waals surface area contributed by atoms with Crippen molar-refractivity contribution in [3.8, 4) is 0 Å². The largest absolute Gasteiger partial charge is 0.702 e. The van der Waals surface area contributed by atoms with Crippen LogP contribution in [-0.2, 0) is 9.59 Å². The molecule has 0 radical (unpaired) electrons. The summed E-state index contributed by atoms with van der Waals surface area (Å²) in [7, 11) is 0. The zero-order chi connectivity index (χ0) is 15.4. The van der Waals surface area contributed by atoms with Crippen LogP contribution in [0.1, 0.15) is 13.3 Å². The van der Waals surface area contributed by atoms with Crippen LogP contribution < -0.4 is 5.32 Å². The smallest absolute Gasteiger partial charge is 0.480 e. The maximum absolute atomic E-state index is 10.7. The van der Waals surface area contributed by atoms with Crippen LogP contribution in [0.25, 0.3) is 0 Å². The van der Waals surface area contributed by atoms with Crippen LogP contribution in [0.5, 0.6) is 0 Å². The summed E-state index contributed by atoms with van der Waals surface area (Å²) in [5.41, 5.74) is 0. The monoisotopic (exact) mass is 280 g/mol. The highest BCUT2D eigenvalue weighted by molar-refractivity contribution is 5.82. The van der Waals surface area contributed by atoms with Crippen molar-refractivity contribution in [2.75, 3.05) is 0 Å². The van der Waals surface area contributed by atoms with Gasteiger partial charge in [-0.1, -0.05) is 0 Å². The van der Waals surface area contributed by atoms with Gasteiger partial charge in [0.15, 0.2) is 14.8 Å². The first-order valence-electron chi connectivity index (χ1n) is 4.49. The molecule has 19 heavy (non-hydrogen) atoms. The highest BCUT2D eigenvalue weighted by Gasteiger charge is 2.71. The van der Waals surface area contributed by atoms with E-state index >= 15 is 0 Å². The predicted octanol–water partition coefficient (Wildman–Crippen LogP) is -1.55. The number of nitrogens with one attached hydrogen (secondary N) is 1. The molecule has 1 unspecified atom stereocenters. The summed E-state index contributed by atoms with van der Waals surface area (Å²) in [6, 6.07) is -2.14. The normalized spacial score (nSPS) is 12.3. The fourth-order valence-electron chi connectivity index (χ4n) is 1.14. The molecule has 0 aliphatic rings. The summed E-state index contributed by atoms with van der Waals surface area (Å²) in [6.45, 7) is 0.849. The number of hydrogen-bond donors (Lipinski definition) is 2. The molecule has 0 aromatic rings. The second-order valence-corrected chi connectivity index (χ2v) is 3.34. The van der Waals surface area contributed by atoms with Crippen molar-refractivity contribution >= 4 is 11.9 Å². The van der Waals surface area contributed by atoms with Crippen molar-refractivity contribution in [3.05, 3.63) is 30.3 Å². The first-order valence-corrected chi connectivity index (χ1v) is 4.49. The highest BCUT2D eigenvalue weighted by Crippen LogP contribution is 2.19. The number of hydrogen-bond acceptors (Lipinski definition) is 8. The Hall–Kier alpha value is -2.86. The van der Waals surface area contributed by atoms with Gasteiger partial charge in [0.25, 0.3) is 0 Å². The predicted molar refractivity (Wildman–Crippen MR) is 53.6 cm³/mol. The van der Waals surface area contributed by atoms with Crippen LogP contribution in [0.4, 0.5) is 0 Å². The summed E-state index contributed by atoms with van der Waals surface area (Å²) in [4.78, 5) is 47.6. The second-order valence-electron chi connectivity index (χ2n) is 3.34. The van der Waals surface area contributed by atoms with Gasteiger partial charge in [0.05, 0.1) is 0 Å². The molecule has 1 amide bonds. The Labute approximate surface area is 103 Å². The van der Waals surface area contributed by atoms with Gasteiger partial charge in [0.2, 0.25) is 12.3 Å². The van der Waals surface area contributed by atoms with E-state index in [1.165, 1.54) is 0 Å². The number of aliphatic carboxylic acids is 1. The van der Waals surface area contributed by atoms with Crippen LogP contribution in [-0.4, -0.2) is 43.6 Å². The molecule has 2 N–H and O–H groups in total. The first kappa shape index (κ1) is 16.1. The minimum Gasteiger partial charge on any atom is -0.480 e. The van der Waals surface area contributed by atoms with Crippen molar-refractivity contribution < 1.29 is 29.5 Å². The molecule has 0 aliphatic heterocycles. The van der Waals surface area contributed by atoms with Crippen molar-refractivity contribution in [2.24, 2.45) is 0 Å². The molecule has 0 saturated heterocycles. The quantitative estimate of drug-likeness (QED) is 0.315. The number of carboxylic acids is 1. The molecule has 0 aliphatic carbocycles. The summed E-state index contributed by atoms with van der Waals surface area (Å²) in [5, 5.41) is 42.0. The third-order valence-electron chi connectivity index (χ3n) is 2.03. The van der Waals surface area contributed by atoms with Gasteiger partial charge in [-0.2, -0.15) is 0 Å². The first-order chi connectivity index (χ1) is 8.55. The molecule has 0 spiro atoms. The Balaban J connectivity index is 5.58. The molecule has 106 valence electrons. The Morgan fingerprint density at radius 2 is 1.53 bits per heavy atom. The molecule has 0 bridgehead atoms. The Morgan fingerprint density at radius 1 is 1.16 bits per heavy atom. The van der Waals surface area contributed by atoms with Gasteiger partial charge >= 0.3 is 11.8 Å². The Kier molecular flexibility index (Phi) is 4.80. The summed E-state index contributed by atoms with van der Waals surface area (Å²) in [5.74, 6) is -6.77. The Bertz CT molecular complexity index is 410. The van der Waals surface area contributed by atoms with E-state index in [9.17, 15) is 39.9 Å². The van der Waals surface area contributed by atoms with Crippen LogP contribution >= 0.6 is 0 Å². The number of carbonyl (C=O) groups is 2. The van der Waals surface area contributed by atoms with E-state index in [1.54, 1.807) is 5.32 Å². The van der Waals surface area contributed by atoms with Crippen LogP contribution in [0.15, 0.2) is 0 Å². The lowest BCUT2D eigenvalue weighted by Gasteiger charge is -2.14. The van der Waals surface area contributed by atoms with Gasteiger partial charge in [-0.05, 0) is 0 Å². The molecule has 1 atom stereocenters. The van der Waals surface area contributed by atoms with Gasteiger partial charge < -0.3 is 10.4 Å². The van der Waals surface area contributed by atoms with E-state index in [1.807, 2.05) is 0 Å². The van der Waals surface area contributed by atoms with E-state index in [2.05, 4.69) is 0 Å². The van der Waals surface area contributed by atoms with E-state index in [0.717, 1.165) is 6.92 Å². The van der Waals surface area contributed by atoms with Crippen molar-refractivity contribution in [3.63, 3.8) is 0 Å². The molecule has 0 fully saturated rings. The number of rotatable bonds is 7. The van der Waals surface area contributed by atoms with Crippen molar-refractivity contribution in [2.45, 2.75) is 25.2 Å². The zero-order valence-corrected chi connectivity index (χ0v) is 9.34. The number of carboxylic acid groups (broad SMARTS) is 1. The summed E-state index contributed by atoms with van der Waals surface area (Å²) >= 11 is 0. The molecule has 0 rings (SSSR count). The molecule has 13 heteroatoms. The van der Waals surface area contributed by atoms with E-state index in [-0.39, 0.29) is 0 Å². The van der Waals surface area contributed by atoms with Crippen molar-refractivity contribution in [1.82, 2.24) is 5.32 Å². The van der Waals surface area contributed by atoms with E-state index in [0.29, 0.717) is 0 Å². The average molecular weight is 280 g/mol. The minimum absolute atomic E-state index is 0.849. The molecular formula is C6H8N4O9. The molecule has 0 aromatic carbocycles. The number of amides is 1. The SMILES string of the molecule is CC(=O)NC(CC([N+](=O)[O-])([N+](=O)[O-])[N+](=O)[O-])C(=O)O. The topological polar surface area (TPSA) is 196 Å². The third-order valence-corrected chi connectivity index (χ3v) is 2.03. The fourth-order valence-corrected chi connectivity index (χ4v) is 1.14. The average Bonchev–Trinajstić information content (AvgIpc) is 2.21. The fraction of sp³-hybridized carbons (Fsp3) is 0.667. The second kappa shape index (κ2) is 5.65. The molecule has 0 saturated carbocycles. The van der Waals surface area contributed by atoms with Gasteiger partial charge in [-0.25, -0.2) is 4.79 Å². The lowest BCUT2D eigenvalue weighted by atomic mass is 10.1. The summed E-state index contributed by atoms with van der Waals surface area (Å²) in [6.07, 6.45) is -1.63. The zero-order valence-electron chi connectivity index (χ0n) is 9.34. The number of nitro groups is 3. The van der Waals surface area contributed by atoms with Crippen LogP contribution in [0.2, 0.25) is 0 Å². The summed E-state index contributed by atoms with van der Waals surface area (Å²) < 4.78 is 0. The van der Waals surface area contributed by atoms with Crippen LogP contribution in [0.3, 0.4) is 0 Å². The third kappa shape index (κ3) is 3.30. The molecule has 13 nitrogen and oxygen atoms in total. The lowest BCUT2D eigenvalue weighted by molar-refractivity contribution is -0.970. The molecule has 0 heterocycles. The van der Waals surface area contributed by atoms with Gasteiger partial charge in [0.1, 0.15) is 6.04 Å². The standard InChI is InChI=1S/C6H8N4O9/c1-3(11)7-4(5(12)13)2-6(8(14)15,9(16)17)10(18)19/h4H,2H2,1H3,(H,7,11)(H,12,13). The lowest BCUT2D eigenvalue weighted by Crippen LogP contribution is -2.58. The number of nitrogens with zero attached hydrogens (tertiary/aromatic N) is 3. The van der Waals surface area contributed by atoms with Gasteiger partial charge in [-0.15, -0.1) is 0 Å². The Morgan fingerprint density at radius 3 is 1.74 bits per heavy atom. The maximum Gasteiger partial charge on any atom is 0.702 e. The molecular weight excluding hydrogens is 272 g/mol. The minimum atomic E-state index is -3.94. The van der Waals surface area contributed by atoms with E-state index < -0.39 is 44.9 Å². The van der Waals surface area contributed by atoms with Gasteiger partial charge in [-0.3, -0.25) is 35.1 Å². The highest BCUT2D eigenvalue weighted by atomic mass is 16.7.